The number of carbonyl (C=O) groups excluding carboxylic acids is 3. The first-order valence-electron chi connectivity index (χ1n) is 6.24. The summed E-state index contributed by atoms with van der Waals surface area (Å²) in [7, 11) is 1.24. The van der Waals surface area contributed by atoms with E-state index in [4.69, 9.17) is 11.6 Å². The van der Waals surface area contributed by atoms with E-state index in [1.54, 1.807) is 6.07 Å². The van der Waals surface area contributed by atoms with Gasteiger partial charge in [0.1, 0.15) is 6.04 Å². The van der Waals surface area contributed by atoms with Gasteiger partial charge in [-0.05, 0) is 24.6 Å². The smallest absolute Gasteiger partial charge is 0.339 e. The van der Waals surface area contributed by atoms with Crippen LogP contribution in [-0.2, 0) is 9.53 Å². The number of methoxy groups -OCH3 is 1. The van der Waals surface area contributed by atoms with Crippen molar-refractivity contribution in [3.63, 3.8) is 0 Å². The largest absolute Gasteiger partial charge is 0.465 e. The number of carbonyl (C=O) groups is 3. The predicted octanol–water partition coefficient (Wildman–Crippen LogP) is 1.14. The van der Waals surface area contributed by atoms with Gasteiger partial charge in [0.25, 0.3) is 0 Å². The molecule has 112 valence electrons. The highest BCUT2D eigenvalue weighted by molar-refractivity contribution is 6.33. The molecule has 1 fully saturated rings. The first-order valence-corrected chi connectivity index (χ1v) is 6.62. The summed E-state index contributed by atoms with van der Waals surface area (Å²) in [5, 5.41) is 7.93. The SMILES string of the molecule is COC(=O)c1cc(NC(=O)N[C@H]2CCNC2=O)ccc1Cl. The average Bonchev–Trinajstić information content (AvgIpc) is 2.85. The Hall–Kier alpha value is -2.28. The molecule has 1 aliphatic heterocycles. The fraction of sp³-hybridized carbons (Fsp3) is 0.308. The van der Waals surface area contributed by atoms with Gasteiger partial charge in [-0.2, -0.15) is 0 Å². The Morgan fingerprint density at radius 1 is 1.43 bits per heavy atom. The van der Waals surface area contributed by atoms with E-state index in [2.05, 4.69) is 20.7 Å². The first-order chi connectivity index (χ1) is 10.0. The maximum Gasteiger partial charge on any atom is 0.339 e. The maximum atomic E-state index is 11.8. The van der Waals surface area contributed by atoms with Crippen LogP contribution < -0.4 is 16.0 Å². The van der Waals surface area contributed by atoms with Gasteiger partial charge in [-0.1, -0.05) is 11.6 Å². The first kappa shape index (κ1) is 15.1. The van der Waals surface area contributed by atoms with Crippen LogP contribution in [0.3, 0.4) is 0 Å². The number of esters is 1. The fourth-order valence-electron chi connectivity index (χ4n) is 1.93. The molecular weight excluding hydrogens is 298 g/mol. The lowest BCUT2D eigenvalue weighted by Gasteiger charge is -2.12. The number of ether oxygens (including phenoxy) is 1. The summed E-state index contributed by atoms with van der Waals surface area (Å²) in [5.41, 5.74) is 0.520. The van der Waals surface area contributed by atoms with Gasteiger partial charge in [0.15, 0.2) is 0 Å². The minimum absolute atomic E-state index is 0.149. The molecule has 2 rings (SSSR count). The molecule has 0 saturated carbocycles. The highest BCUT2D eigenvalue weighted by atomic mass is 35.5. The molecule has 0 aromatic heterocycles. The van der Waals surface area contributed by atoms with Gasteiger partial charge in [0, 0.05) is 12.2 Å². The van der Waals surface area contributed by atoms with E-state index in [1.807, 2.05) is 0 Å². The molecule has 1 atom stereocenters. The molecule has 1 aromatic carbocycles. The Balaban J connectivity index is 2.03. The van der Waals surface area contributed by atoms with Crippen molar-refractivity contribution in [2.45, 2.75) is 12.5 Å². The van der Waals surface area contributed by atoms with Crippen LogP contribution in [0.15, 0.2) is 18.2 Å². The molecule has 0 aliphatic carbocycles. The number of hydrogen-bond acceptors (Lipinski definition) is 4. The fourth-order valence-corrected chi connectivity index (χ4v) is 2.12. The molecule has 1 saturated heterocycles. The summed E-state index contributed by atoms with van der Waals surface area (Å²) >= 11 is 5.88. The van der Waals surface area contributed by atoms with Crippen molar-refractivity contribution in [3.05, 3.63) is 28.8 Å². The molecular formula is C13H14ClN3O4. The number of benzene rings is 1. The lowest BCUT2D eigenvalue weighted by atomic mass is 10.2. The van der Waals surface area contributed by atoms with Crippen LogP contribution in [0.1, 0.15) is 16.8 Å². The lowest BCUT2D eigenvalue weighted by Crippen LogP contribution is -2.42. The second-order valence-corrected chi connectivity index (χ2v) is 4.82. The quantitative estimate of drug-likeness (QED) is 0.729. The van der Waals surface area contributed by atoms with E-state index in [1.165, 1.54) is 19.2 Å². The zero-order valence-electron chi connectivity index (χ0n) is 11.2. The maximum absolute atomic E-state index is 11.8. The number of urea groups is 1. The zero-order chi connectivity index (χ0) is 15.4. The van der Waals surface area contributed by atoms with Crippen molar-refractivity contribution < 1.29 is 19.1 Å². The minimum Gasteiger partial charge on any atom is -0.465 e. The zero-order valence-corrected chi connectivity index (χ0v) is 12.0. The second kappa shape index (κ2) is 6.45. The summed E-state index contributed by atoms with van der Waals surface area (Å²) in [6, 6.07) is 3.35. The monoisotopic (exact) mass is 311 g/mol. The topological polar surface area (TPSA) is 96.5 Å². The van der Waals surface area contributed by atoms with Crippen LogP contribution in [-0.4, -0.2) is 37.6 Å². The van der Waals surface area contributed by atoms with E-state index >= 15 is 0 Å². The average molecular weight is 312 g/mol. The van der Waals surface area contributed by atoms with Crippen LogP contribution in [0.5, 0.6) is 0 Å². The van der Waals surface area contributed by atoms with Crippen molar-refractivity contribution in [1.29, 1.82) is 0 Å². The predicted molar refractivity (Wildman–Crippen MR) is 76.4 cm³/mol. The number of anilines is 1. The third-order valence-corrected chi connectivity index (χ3v) is 3.31. The standard InChI is InChI=1S/C13H14ClN3O4/c1-21-12(19)8-6-7(2-3-9(8)14)16-13(20)17-10-4-5-15-11(10)18/h2-3,6,10H,4-5H2,1H3,(H,15,18)(H2,16,17,20)/t10-/m0/s1. The summed E-state index contributed by atoms with van der Waals surface area (Å²) < 4.78 is 4.59. The van der Waals surface area contributed by atoms with Gasteiger partial charge in [-0.15, -0.1) is 0 Å². The van der Waals surface area contributed by atoms with E-state index in [9.17, 15) is 14.4 Å². The highest BCUT2D eigenvalue weighted by Gasteiger charge is 2.25. The highest BCUT2D eigenvalue weighted by Crippen LogP contribution is 2.21. The Labute approximate surface area is 126 Å². The van der Waals surface area contributed by atoms with Crippen molar-refractivity contribution >= 4 is 35.2 Å². The van der Waals surface area contributed by atoms with E-state index in [-0.39, 0.29) is 16.5 Å². The van der Waals surface area contributed by atoms with Gasteiger partial charge in [0.05, 0.1) is 17.7 Å². The molecule has 0 unspecified atom stereocenters. The normalized spacial score (nSPS) is 17.0. The van der Waals surface area contributed by atoms with Gasteiger partial charge in [-0.3, -0.25) is 4.79 Å². The van der Waals surface area contributed by atoms with Crippen LogP contribution in [0.4, 0.5) is 10.5 Å². The summed E-state index contributed by atoms with van der Waals surface area (Å²) in [6.07, 6.45) is 0.542. The Morgan fingerprint density at radius 3 is 2.81 bits per heavy atom. The van der Waals surface area contributed by atoms with E-state index in [0.29, 0.717) is 18.7 Å². The molecule has 1 aliphatic rings. The third kappa shape index (κ3) is 3.63. The van der Waals surface area contributed by atoms with Crippen molar-refractivity contribution in [3.8, 4) is 0 Å². The molecule has 0 spiro atoms. The minimum atomic E-state index is -0.598. The number of hydrogen-bond donors (Lipinski definition) is 3. The molecule has 8 heteroatoms. The molecule has 21 heavy (non-hydrogen) atoms. The molecule has 7 nitrogen and oxygen atoms in total. The van der Waals surface area contributed by atoms with Crippen LogP contribution in [0.25, 0.3) is 0 Å². The van der Waals surface area contributed by atoms with Crippen molar-refractivity contribution in [2.75, 3.05) is 19.0 Å². The summed E-state index contributed by atoms with van der Waals surface area (Å²) in [5.74, 6) is -0.810. The molecule has 1 aromatic rings. The molecule has 1 heterocycles. The van der Waals surface area contributed by atoms with Crippen LogP contribution in [0.2, 0.25) is 5.02 Å². The molecule has 0 radical (unpaired) electrons. The van der Waals surface area contributed by atoms with Gasteiger partial charge in [-0.25, -0.2) is 9.59 Å². The van der Waals surface area contributed by atoms with Crippen molar-refractivity contribution in [1.82, 2.24) is 10.6 Å². The Kier molecular flexibility index (Phi) is 4.64. The Morgan fingerprint density at radius 2 is 2.19 bits per heavy atom. The second-order valence-electron chi connectivity index (χ2n) is 4.42. The number of nitrogens with one attached hydrogen (secondary N) is 3. The van der Waals surface area contributed by atoms with Gasteiger partial charge in [0.2, 0.25) is 5.91 Å². The number of rotatable bonds is 3. The third-order valence-electron chi connectivity index (χ3n) is 2.98. The molecule has 0 bridgehead atoms. The number of amides is 3. The van der Waals surface area contributed by atoms with Gasteiger partial charge < -0.3 is 20.7 Å². The van der Waals surface area contributed by atoms with E-state index in [0.717, 1.165) is 0 Å². The summed E-state index contributed by atoms with van der Waals surface area (Å²) in [6.45, 7) is 0.539. The van der Waals surface area contributed by atoms with Gasteiger partial charge >= 0.3 is 12.0 Å². The Bertz CT molecular complexity index is 591. The molecule has 3 N–H and O–H groups in total. The van der Waals surface area contributed by atoms with E-state index < -0.39 is 18.0 Å². The van der Waals surface area contributed by atoms with Crippen LogP contribution >= 0.6 is 11.6 Å². The summed E-state index contributed by atoms with van der Waals surface area (Å²) in [4.78, 5) is 34.7. The number of halogens is 1. The lowest BCUT2D eigenvalue weighted by molar-refractivity contribution is -0.120. The van der Waals surface area contributed by atoms with Crippen molar-refractivity contribution in [2.24, 2.45) is 0 Å². The molecule has 3 amide bonds. The van der Waals surface area contributed by atoms with Crippen LogP contribution in [0, 0.1) is 0 Å².